The molecule has 11 heavy (non-hydrogen) atoms. The first-order chi connectivity index (χ1) is 5.11. The lowest BCUT2D eigenvalue weighted by atomic mass is 9.83. The van der Waals surface area contributed by atoms with E-state index in [9.17, 15) is 0 Å². The fourth-order valence-corrected chi connectivity index (χ4v) is 2.18. The van der Waals surface area contributed by atoms with E-state index in [2.05, 4.69) is 32.7 Å². The molecule has 1 aliphatic rings. The monoisotopic (exact) mass is 155 g/mol. The lowest BCUT2D eigenvalue weighted by Gasteiger charge is -2.37. The Morgan fingerprint density at radius 1 is 1.55 bits per heavy atom. The zero-order valence-corrected chi connectivity index (χ0v) is 8.35. The Morgan fingerprint density at radius 3 is 2.55 bits per heavy atom. The molecule has 1 rings (SSSR count). The highest BCUT2D eigenvalue weighted by Gasteiger charge is 2.37. The first-order valence-electron chi connectivity index (χ1n) is 4.82. The molecule has 0 aromatic rings. The zero-order chi connectivity index (χ0) is 8.48. The molecule has 2 atom stereocenters. The van der Waals surface area contributed by atoms with E-state index in [-0.39, 0.29) is 0 Å². The minimum absolute atomic E-state index is 0.495. The SMILES string of the molecule is CCC(C)C1(C)CCCN1C. The molecule has 0 N–H and O–H groups in total. The Morgan fingerprint density at radius 2 is 2.18 bits per heavy atom. The van der Waals surface area contributed by atoms with Crippen molar-refractivity contribution in [3.8, 4) is 0 Å². The summed E-state index contributed by atoms with van der Waals surface area (Å²) >= 11 is 0. The summed E-state index contributed by atoms with van der Waals surface area (Å²) in [6.45, 7) is 8.37. The second-order valence-corrected chi connectivity index (χ2v) is 4.19. The molecule has 0 radical (unpaired) electrons. The van der Waals surface area contributed by atoms with Crippen LogP contribution in [0.25, 0.3) is 0 Å². The van der Waals surface area contributed by atoms with E-state index in [0.29, 0.717) is 5.54 Å². The molecule has 1 saturated heterocycles. The van der Waals surface area contributed by atoms with Gasteiger partial charge in [0.25, 0.3) is 0 Å². The largest absolute Gasteiger partial charge is 0.301 e. The summed E-state index contributed by atoms with van der Waals surface area (Å²) < 4.78 is 0. The van der Waals surface area contributed by atoms with E-state index >= 15 is 0 Å². The van der Waals surface area contributed by atoms with Crippen LogP contribution in [0.1, 0.15) is 40.0 Å². The maximum absolute atomic E-state index is 2.53. The number of hydrogen-bond acceptors (Lipinski definition) is 1. The molecular weight excluding hydrogens is 134 g/mol. The van der Waals surface area contributed by atoms with E-state index < -0.39 is 0 Å². The van der Waals surface area contributed by atoms with Crippen LogP contribution in [-0.2, 0) is 0 Å². The summed E-state index contributed by atoms with van der Waals surface area (Å²) in [7, 11) is 2.26. The van der Waals surface area contributed by atoms with Crippen LogP contribution in [0.5, 0.6) is 0 Å². The van der Waals surface area contributed by atoms with Crippen LogP contribution in [0.2, 0.25) is 0 Å². The van der Waals surface area contributed by atoms with Crippen LogP contribution in [0.3, 0.4) is 0 Å². The smallest absolute Gasteiger partial charge is 0.0204 e. The van der Waals surface area contributed by atoms with Gasteiger partial charge in [-0.25, -0.2) is 0 Å². The van der Waals surface area contributed by atoms with Crippen LogP contribution < -0.4 is 0 Å². The van der Waals surface area contributed by atoms with Gasteiger partial charge in [0.15, 0.2) is 0 Å². The zero-order valence-electron chi connectivity index (χ0n) is 8.35. The summed E-state index contributed by atoms with van der Waals surface area (Å²) in [6.07, 6.45) is 4.08. The van der Waals surface area contributed by atoms with E-state index in [0.717, 1.165) is 5.92 Å². The van der Waals surface area contributed by atoms with Crippen molar-refractivity contribution in [2.45, 2.75) is 45.6 Å². The lowest BCUT2D eigenvalue weighted by Crippen LogP contribution is -2.43. The van der Waals surface area contributed by atoms with Crippen LogP contribution in [0.4, 0.5) is 0 Å². The maximum atomic E-state index is 2.53. The van der Waals surface area contributed by atoms with Crippen LogP contribution >= 0.6 is 0 Å². The first-order valence-corrected chi connectivity index (χ1v) is 4.82. The normalized spacial score (nSPS) is 36.0. The van der Waals surface area contributed by atoms with Gasteiger partial charge < -0.3 is 4.90 Å². The predicted octanol–water partition coefficient (Wildman–Crippen LogP) is 2.52. The third kappa shape index (κ3) is 1.44. The number of likely N-dealkylation sites (tertiary alicyclic amines) is 1. The van der Waals surface area contributed by atoms with Gasteiger partial charge in [0.05, 0.1) is 0 Å². The maximum Gasteiger partial charge on any atom is 0.0204 e. The van der Waals surface area contributed by atoms with E-state index in [1.807, 2.05) is 0 Å². The van der Waals surface area contributed by atoms with Crippen LogP contribution in [0.15, 0.2) is 0 Å². The molecule has 0 aromatic carbocycles. The third-order valence-electron chi connectivity index (χ3n) is 3.72. The van der Waals surface area contributed by atoms with Crippen molar-refractivity contribution < 1.29 is 0 Å². The van der Waals surface area contributed by atoms with Gasteiger partial charge in [-0.15, -0.1) is 0 Å². The second kappa shape index (κ2) is 3.14. The summed E-state index contributed by atoms with van der Waals surface area (Å²) in [4.78, 5) is 2.53. The van der Waals surface area contributed by atoms with Gasteiger partial charge in [-0.3, -0.25) is 0 Å². The molecule has 1 heterocycles. The summed E-state index contributed by atoms with van der Waals surface area (Å²) in [5.41, 5.74) is 0.495. The summed E-state index contributed by atoms with van der Waals surface area (Å²) in [6, 6.07) is 0. The average Bonchev–Trinajstić information content (AvgIpc) is 2.32. The van der Waals surface area contributed by atoms with Crippen molar-refractivity contribution in [3.63, 3.8) is 0 Å². The first kappa shape index (κ1) is 9.05. The van der Waals surface area contributed by atoms with Crippen molar-refractivity contribution in [2.75, 3.05) is 13.6 Å². The Kier molecular flexibility index (Phi) is 2.58. The van der Waals surface area contributed by atoms with Crippen molar-refractivity contribution in [1.82, 2.24) is 4.90 Å². The van der Waals surface area contributed by atoms with Gasteiger partial charge in [-0.05, 0) is 39.3 Å². The molecule has 0 aromatic heterocycles. The minimum Gasteiger partial charge on any atom is -0.301 e. The number of rotatable bonds is 2. The topological polar surface area (TPSA) is 3.24 Å². The molecular formula is C10H21N. The van der Waals surface area contributed by atoms with Crippen molar-refractivity contribution in [3.05, 3.63) is 0 Å². The minimum atomic E-state index is 0.495. The Bertz CT molecular complexity index is 133. The molecule has 66 valence electrons. The quantitative estimate of drug-likeness (QED) is 0.592. The van der Waals surface area contributed by atoms with Gasteiger partial charge in [0, 0.05) is 5.54 Å². The Labute approximate surface area is 70.8 Å². The van der Waals surface area contributed by atoms with Gasteiger partial charge in [-0.1, -0.05) is 20.3 Å². The van der Waals surface area contributed by atoms with Gasteiger partial charge in [0.1, 0.15) is 0 Å². The summed E-state index contributed by atoms with van der Waals surface area (Å²) in [5.74, 6) is 0.843. The number of nitrogens with zero attached hydrogens (tertiary/aromatic N) is 1. The summed E-state index contributed by atoms with van der Waals surface area (Å²) in [5, 5.41) is 0. The lowest BCUT2D eigenvalue weighted by molar-refractivity contribution is 0.123. The molecule has 0 spiro atoms. The van der Waals surface area contributed by atoms with Crippen molar-refractivity contribution >= 4 is 0 Å². The van der Waals surface area contributed by atoms with E-state index in [4.69, 9.17) is 0 Å². The Hall–Kier alpha value is -0.0400. The molecule has 1 fully saturated rings. The highest BCUT2D eigenvalue weighted by molar-refractivity contribution is 4.93. The average molecular weight is 155 g/mol. The highest BCUT2D eigenvalue weighted by atomic mass is 15.2. The van der Waals surface area contributed by atoms with Crippen molar-refractivity contribution in [1.29, 1.82) is 0 Å². The fraction of sp³-hybridized carbons (Fsp3) is 1.00. The van der Waals surface area contributed by atoms with Gasteiger partial charge in [-0.2, -0.15) is 0 Å². The Balaban J connectivity index is 2.64. The highest BCUT2D eigenvalue weighted by Crippen LogP contribution is 2.35. The molecule has 0 aliphatic carbocycles. The molecule has 1 heteroatoms. The van der Waals surface area contributed by atoms with Gasteiger partial charge in [0.2, 0.25) is 0 Å². The van der Waals surface area contributed by atoms with Crippen LogP contribution in [-0.4, -0.2) is 24.0 Å². The molecule has 2 unspecified atom stereocenters. The second-order valence-electron chi connectivity index (χ2n) is 4.19. The molecule has 0 saturated carbocycles. The van der Waals surface area contributed by atoms with Gasteiger partial charge >= 0.3 is 0 Å². The molecule has 1 nitrogen and oxygen atoms in total. The third-order valence-corrected chi connectivity index (χ3v) is 3.72. The molecule has 0 amide bonds. The van der Waals surface area contributed by atoms with Crippen LogP contribution in [0, 0.1) is 5.92 Å². The fourth-order valence-electron chi connectivity index (χ4n) is 2.18. The molecule has 1 aliphatic heterocycles. The molecule has 0 bridgehead atoms. The van der Waals surface area contributed by atoms with E-state index in [1.54, 1.807) is 0 Å². The van der Waals surface area contributed by atoms with Crippen molar-refractivity contribution in [2.24, 2.45) is 5.92 Å². The predicted molar refractivity (Wildman–Crippen MR) is 49.7 cm³/mol. The standard InChI is InChI=1S/C10H21N/c1-5-9(2)10(3)7-6-8-11(10)4/h9H,5-8H2,1-4H3. The number of hydrogen-bond donors (Lipinski definition) is 0. The van der Waals surface area contributed by atoms with E-state index in [1.165, 1.54) is 25.8 Å².